The molecular formula is C17H20ClNO4. The van der Waals surface area contributed by atoms with E-state index in [2.05, 4.69) is 4.98 Å². The van der Waals surface area contributed by atoms with Crippen molar-refractivity contribution in [1.29, 1.82) is 0 Å². The van der Waals surface area contributed by atoms with E-state index in [9.17, 15) is 9.90 Å². The number of ether oxygens (including phenoxy) is 2. The maximum atomic E-state index is 12.0. The van der Waals surface area contributed by atoms with E-state index >= 15 is 0 Å². The van der Waals surface area contributed by atoms with E-state index in [0.29, 0.717) is 16.5 Å². The molecule has 1 aromatic heterocycles. The van der Waals surface area contributed by atoms with Gasteiger partial charge in [0.15, 0.2) is 11.4 Å². The number of rotatable bonds is 6. The van der Waals surface area contributed by atoms with Crippen LogP contribution in [0.4, 0.5) is 0 Å². The smallest absolute Gasteiger partial charge is 0.360 e. The number of unbranched alkanes of at least 4 members (excludes halogenated alkanes) is 1. The summed E-state index contributed by atoms with van der Waals surface area (Å²) in [5.41, 5.74) is -0.170. The summed E-state index contributed by atoms with van der Waals surface area (Å²) in [4.78, 5) is 16.0. The molecule has 0 aliphatic heterocycles. The van der Waals surface area contributed by atoms with Crippen molar-refractivity contribution in [3.63, 3.8) is 0 Å². The quantitative estimate of drug-likeness (QED) is 0.482. The molecule has 0 aliphatic rings. The van der Waals surface area contributed by atoms with Gasteiger partial charge >= 0.3 is 5.97 Å². The molecule has 0 radical (unpaired) electrons. The number of aromatic nitrogens is 1. The third-order valence-electron chi connectivity index (χ3n) is 3.20. The minimum absolute atomic E-state index is 0.0144. The third kappa shape index (κ3) is 4.05. The number of benzene rings is 1. The highest BCUT2D eigenvalue weighted by atomic mass is 35.5. The maximum absolute atomic E-state index is 12.0. The van der Waals surface area contributed by atoms with E-state index in [1.165, 1.54) is 0 Å². The summed E-state index contributed by atoms with van der Waals surface area (Å²) in [7, 11) is 0. The van der Waals surface area contributed by atoms with Crippen LogP contribution < -0.4 is 4.74 Å². The molecule has 2 aromatic rings. The molecule has 0 saturated carbocycles. The Balaban J connectivity index is 2.39. The highest BCUT2D eigenvalue weighted by Crippen LogP contribution is 2.34. The summed E-state index contributed by atoms with van der Waals surface area (Å²) < 4.78 is 10.7. The summed E-state index contributed by atoms with van der Waals surface area (Å²) in [6, 6.07) is 5.06. The minimum Gasteiger partial charge on any atom is -0.505 e. The second-order valence-electron chi connectivity index (χ2n) is 5.46. The molecule has 5 nitrogen and oxygen atoms in total. The van der Waals surface area contributed by atoms with E-state index in [-0.39, 0.29) is 29.3 Å². The Hall–Kier alpha value is -2.01. The number of halogens is 1. The second kappa shape index (κ2) is 7.51. The van der Waals surface area contributed by atoms with Gasteiger partial charge in [0.2, 0.25) is 0 Å². The van der Waals surface area contributed by atoms with E-state index < -0.39 is 5.97 Å². The maximum Gasteiger partial charge on any atom is 0.360 e. The molecular weight excluding hydrogens is 318 g/mol. The van der Waals surface area contributed by atoms with Crippen molar-refractivity contribution in [1.82, 2.24) is 4.98 Å². The molecule has 0 fully saturated rings. The van der Waals surface area contributed by atoms with Crippen molar-refractivity contribution in [2.75, 3.05) is 6.61 Å². The minimum atomic E-state index is -0.678. The number of carbonyl (C=O) groups excluding carboxylic acids is 1. The van der Waals surface area contributed by atoms with Crippen molar-refractivity contribution in [2.24, 2.45) is 0 Å². The molecule has 1 aromatic carbocycles. The van der Waals surface area contributed by atoms with Crippen LogP contribution in [0, 0.1) is 0 Å². The number of hydrogen-bond donors (Lipinski definition) is 1. The Morgan fingerprint density at radius 3 is 2.74 bits per heavy atom. The van der Waals surface area contributed by atoms with Crippen molar-refractivity contribution in [3.8, 4) is 11.5 Å². The highest BCUT2D eigenvalue weighted by Gasteiger charge is 2.20. The van der Waals surface area contributed by atoms with Crippen molar-refractivity contribution in [2.45, 2.75) is 39.7 Å². The van der Waals surface area contributed by atoms with Gasteiger partial charge in [-0.2, -0.15) is 0 Å². The summed E-state index contributed by atoms with van der Waals surface area (Å²) in [6.45, 7) is 6.11. The summed E-state index contributed by atoms with van der Waals surface area (Å²) in [5.74, 6) is -0.293. The third-order valence-corrected chi connectivity index (χ3v) is 3.49. The molecule has 6 heteroatoms. The number of pyridine rings is 1. The fourth-order valence-corrected chi connectivity index (χ4v) is 2.35. The fourth-order valence-electron chi connectivity index (χ4n) is 2.10. The molecule has 0 unspecified atom stereocenters. The first kappa shape index (κ1) is 17.3. The normalized spacial score (nSPS) is 11.0. The Morgan fingerprint density at radius 1 is 1.35 bits per heavy atom. The molecule has 0 saturated heterocycles. The van der Waals surface area contributed by atoms with E-state index in [4.69, 9.17) is 21.1 Å². The predicted octanol–water partition coefficient (Wildman–Crippen LogP) is 4.34. The largest absolute Gasteiger partial charge is 0.505 e. The number of esters is 1. The predicted molar refractivity (Wildman–Crippen MR) is 89.4 cm³/mol. The van der Waals surface area contributed by atoms with Crippen molar-refractivity contribution >= 4 is 28.3 Å². The Kier molecular flexibility index (Phi) is 5.66. The van der Waals surface area contributed by atoms with Crippen LogP contribution in [0.5, 0.6) is 11.5 Å². The Labute approximate surface area is 140 Å². The van der Waals surface area contributed by atoms with E-state index in [0.717, 1.165) is 12.8 Å². The van der Waals surface area contributed by atoms with E-state index in [1.807, 2.05) is 20.8 Å². The van der Waals surface area contributed by atoms with Crippen LogP contribution in [0.25, 0.3) is 10.8 Å². The van der Waals surface area contributed by atoms with Crippen LogP contribution in [0.2, 0.25) is 5.15 Å². The van der Waals surface area contributed by atoms with Crippen molar-refractivity contribution < 1.29 is 19.4 Å². The molecule has 0 spiro atoms. The van der Waals surface area contributed by atoms with Crippen LogP contribution in [-0.4, -0.2) is 28.8 Å². The Morgan fingerprint density at radius 2 is 2.09 bits per heavy atom. The summed E-state index contributed by atoms with van der Waals surface area (Å²) in [5, 5.41) is 11.4. The number of aromatic hydroxyl groups is 1. The average molecular weight is 338 g/mol. The van der Waals surface area contributed by atoms with Gasteiger partial charge in [-0.25, -0.2) is 9.78 Å². The number of fused-ring (bicyclic) bond motifs is 1. The lowest BCUT2D eigenvalue weighted by atomic mass is 10.1. The van der Waals surface area contributed by atoms with Gasteiger partial charge < -0.3 is 14.6 Å². The zero-order chi connectivity index (χ0) is 17.0. The van der Waals surface area contributed by atoms with Gasteiger partial charge in [0.25, 0.3) is 0 Å². The molecule has 0 amide bonds. The standard InChI is InChI=1S/C17H20ClNO4/c1-4-5-8-22-17(21)14-15(20)12-7-6-11(23-10(2)3)9-13(12)16(18)19-14/h6-7,9-10,20H,4-5,8H2,1-3H3. The number of hydrogen-bond acceptors (Lipinski definition) is 5. The van der Waals surface area contributed by atoms with Crippen LogP contribution in [0.15, 0.2) is 18.2 Å². The van der Waals surface area contributed by atoms with Gasteiger partial charge in [0.05, 0.1) is 12.7 Å². The van der Waals surface area contributed by atoms with Gasteiger partial charge in [-0.05, 0) is 38.5 Å². The topological polar surface area (TPSA) is 68.7 Å². The second-order valence-corrected chi connectivity index (χ2v) is 5.82. The molecule has 23 heavy (non-hydrogen) atoms. The first-order chi connectivity index (χ1) is 10.9. The molecule has 2 rings (SSSR count). The zero-order valence-corrected chi connectivity index (χ0v) is 14.2. The van der Waals surface area contributed by atoms with Gasteiger partial charge in [-0.1, -0.05) is 24.9 Å². The van der Waals surface area contributed by atoms with Gasteiger partial charge in [0.1, 0.15) is 10.9 Å². The fraction of sp³-hybridized carbons (Fsp3) is 0.412. The first-order valence-electron chi connectivity index (χ1n) is 7.60. The molecule has 0 bridgehead atoms. The molecule has 1 N–H and O–H groups in total. The summed E-state index contributed by atoms with van der Waals surface area (Å²) in [6.07, 6.45) is 1.67. The Bertz CT molecular complexity index is 715. The van der Waals surface area contributed by atoms with Gasteiger partial charge in [-0.3, -0.25) is 0 Å². The lowest BCUT2D eigenvalue weighted by Gasteiger charge is -2.12. The van der Waals surface area contributed by atoms with Gasteiger partial charge in [-0.15, -0.1) is 0 Å². The molecule has 0 aliphatic carbocycles. The zero-order valence-electron chi connectivity index (χ0n) is 13.4. The lowest BCUT2D eigenvalue weighted by Crippen LogP contribution is -2.09. The van der Waals surface area contributed by atoms with Crippen LogP contribution >= 0.6 is 11.6 Å². The van der Waals surface area contributed by atoms with Gasteiger partial charge in [0, 0.05) is 10.8 Å². The number of nitrogens with zero attached hydrogens (tertiary/aromatic N) is 1. The monoisotopic (exact) mass is 337 g/mol. The van der Waals surface area contributed by atoms with Crippen LogP contribution in [0.1, 0.15) is 44.1 Å². The number of carbonyl (C=O) groups is 1. The molecule has 124 valence electrons. The lowest BCUT2D eigenvalue weighted by molar-refractivity contribution is 0.0489. The van der Waals surface area contributed by atoms with Crippen LogP contribution in [-0.2, 0) is 4.74 Å². The average Bonchev–Trinajstić information content (AvgIpc) is 2.50. The molecule has 1 heterocycles. The highest BCUT2D eigenvalue weighted by molar-refractivity contribution is 6.35. The summed E-state index contributed by atoms with van der Waals surface area (Å²) >= 11 is 6.16. The van der Waals surface area contributed by atoms with Crippen LogP contribution in [0.3, 0.4) is 0 Å². The van der Waals surface area contributed by atoms with Crippen molar-refractivity contribution in [3.05, 3.63) is 29.0 Å². The first-order valence-corrected chi connectivity index (χ1v) is 7.97. The molecule has 0 atom stereocenters. The van der Waals surface area contributed by atoms with E-state index in [1.54, 1.807) is 18.2 Å². The SMILES string of the molecule is CCCCOC(=O)c1nc(Cl)c2cc(OC(C)C)ccc2c1O.